The summed E-state index contributed by atoms with van der Waals surface area (Å²) in [5, 5.41) is 23.9. The van der Waals surface area contributed by atoms with E-state index in [1.54, 1.807) is 29.2 Å². The molecule has 1 fully saturated rings. The van der Waals surface area contributed by atoms with Crippen LogP contribution in [-0.4, -0.2) is 53.1 Å². The number of halogens is 3. The van der Waals surface area contributed by atoms with E-state index in [-0.39, 0.29) is 17.3 Å². The molecule has 1 amide bonds. The Balaban J connectivity index is 1.66. The van der Waals surface area contributed by atoms with Gasteiger partial charge < -0.3 is 20.2 Å². The summed E-state index contributed by atoms with van der Waals surface area (Å²) in [4.78, 5) is 26.6. The van der Waals surface area contributed by atoms with Crippen LogP contribution in [0.25, 0.3) is 0 Å². The second-order valence-electron chi connectivity index (χ2n) is 7.15. The molecule has 0 spiro atoms. The van der Waals surface area contributed by atoms with E-state index in [9.17, 15) is 33.2 Å². The molecule has 2 aromatic rings. The molecule has 2 N–H and O–H groups in total. The first-order valence-corrected chi connectivity index (χ1v) is 9.52. The molecule has 166 valence electrons. The molecule has 8 nitrogen and oxygen atoms in total. The van der Waals surface area contributed by atoms with Crippen molar-refractivity contribution >= 4 is 23.0 Å². The molecule has 0 aliphatic carbocycles. The smallest absolute Gasteiger partial charge is 0.416 e. The van der Waals surface area contributed by atoms with Crippen LogP contribution in [0.1, 0.15) is 12.5 Å². The highest BCUT2D eigenvalue weighted by Gasteiger charge is 2.34. The summed E-state index contributed by atoms with van der Waals surface area (Å²) in [6, 6.07) is 8.13. The Morgan fingerprint density at radius 1 is 1.16 bits per heavy atom. The van der Waals surface area contributed by atoms with Crippen molar-refractivity contribution in [1.29, 1.82) is 0 Å². The standard InChI is InChI=1S/C20H21F3N4O4/c1-13(24-15-7-6-14(20(21,22)23)12-17(15)27(30)31)19(29)26-10-8-25(9-11-26)16-4-2-3-5-18(16)28/h2-7,12-13,24,28H,8-11H2,1H3/t13-/m0/s1. The number of hydrogen-bond donors (Lipinski definition) is 2. The molecule has 0 unspecified atom stereocenters. The first-order valence-electron chi connectivity index (χ1n) is 9.52. The van der Waals surface area contributed by atoms with Gasteiger partial charge in [-0.3, -0.25) is 14.9 Å². The van der Waals surface area contributed by atoms with Crippen molar-refractivity contribution < 1.29 is 28.0 Å². The van der Waals surface area contributed by atoms with E-state index in [2.05, 4.69) is 5.32 Å². The molecule has 31 heavy (non-hydrogen) atoms. The molecule has 2 aromatic carbocycles. The van der Waals surface area contributed by atoms with Crippen LogP contribution in [0, 0.1) is 10.1 Å². The van der Waals surface area contributed by atoms with Crippen molar-refractivity contribution in [2.75, 3.05) is 36.4 Å². The maximum Gasteiger partial charge on any atom is 0.416 e. The van der Waals surface area contributed by atoms with Gasteiger partial charge in [-0.15, -0.1) is 0 Å². The monoisotopic (exact) mass is 438 g/mol. The third-order valence-electron chi connectivity index (χ3n) is 5.08. The fourth-order valence-corrected chi connectivity index (χ4v) is 3.45. The van der Waals surface area contributed by atoms with Crippen molar-refractivity contribution in [2.45, 2.75) is 19.1 Å². The number of nitrogens with zero attached hydrogens (tertiary/aromatic N) is 3. The lowest BCUT2D eigenvalue weighted by Crippen LogP contribution is -2.52. The molecule has 11 heteroatoms. The van der Waals surface area contributed by atoms with Crippen molar-refractivity contribution in [3.8, 4) is 5.75 Å². The van der Waals surface area contributed by atoms with Crippen LogP contribution in [-0.2, 0) is 11.0 Å². The maximum atomic E-state index is 12.9. The predicted molar refractivity (Wildman–Crippen MR) is 108 cm³/mol. The van der Waals surface area contributed by atoms with Crippen LogP contribution < -0.4 is 10.2 Å². The molecule has 1 heterocycles. The largest absolute Gasteiger partial charge is 0.506 e. The average Bonchev–Trinajstić information content (AvgIpc) is 2.73. The van der Waals surface area contributed by atoms with Gasteiger partial charge in [0.05, 0.1) is 16.2 Å². The lowest BCUT2D eigenvalue weighted by atomic mass is 10.1. The molecule has 0 bridgehead atoms. The van der Waals surface area contributed by atoms with Crippen LogP contribution in [0.4, 0.5) is 30.2 Å². The van der Waals surface area contributed by atoms with E-state index in [0.717, 1.165) is 12.1 Å². The van der Waals surface area contributed by atoms with Gasteiger partial charge >= 0.3 is 6.18 Å². The molecule has 0 radical (unpaired) electrons. The maximum absolute atomic E-state index is 12.9. The minimum Gasteiger partial charge on any atom is -0.506 e. The van der Waals surface area contributed by atoms with Crippen molar-refractivity contribution in [3.05, 3.63) is 58.1 Å². The highest BCUT2D eigenvalue weighted by Crippen LogP contribution is 2.35. The van der Waals surface area contributed by atoms with E-state index >= 15 is 0 Å². The summed E-state index contributed by atoms with van der Waals surface area (Å²) < 4.78 is 38.6. The number of carbonyl (C=O) groups is 1. The van der Waals surface area contributed by atoms with E-state index in [4.69, 9.17) is 0 Å². The molecule has 1 atom stereocenters. The molecule has 3 rings (SSSR count). The van der Waals surface area contributed by atoms with Crippen molar-refractivity contribution in [2.24, 2.45) is 0 Å². The van der Waals surface area contributed by atoms with Gasteiger partial charge in [0.25, 0.3) is 5.69 Å². The van der Waals surface area contributed by atoms with E-state index < -0.39 is 28.4 Å². The third-order valence-corrected chi connectivity index (χ3v) is 5.08. The Labute approximate surface area is 176 Å². The average molecular weight is 438 g/mol. The van der Waals surface area contributed by atoms with Crippen LogP contribution in [0.5, 0.6) is 5.75 Å². The van der Waals surface area contributed by atoms with Gasteiger partial charge in [-0.2, -0.15) is 13.2 Å². The lowest BCUT2D eigenvalue weighted by molar-refractivity contribution is -0.384. The van der Waals surface area contributed by atoms with Gasteiger partial charge in [-0.1, -0.05) is 12.1 Å². The number of nitro groups is 1. The molecule has 1 aliphatic heterocycles. The summed E-state index contributed by atoms with van der Waals surface area (Å²) >= 11 is 0. The second kappa shape index (κ2) is 8.70. The Kier molecular flexibility index (Phi) is 6.23. The van der Waals surface area contributed by atoms with Crippen LogP contribution in [0.15, 0.2) is 42.5 Å². The van der Waals surface area contributed by atoms with Gasteiger partial charge in [-0.05, 0) is 31.2 Å². The number of nitro benzene ring substituents is 1. The van der Waals surface area contributed by atoms with Gasteiger partial charge in [-0.25, -0.2) is 0 Å². The fourth-order valence-electron chi connectivity index (χ4n) is 3.45. The Hall–Kier alpha value is -3.50. The fraction of sp³-hybridized carbons (Fsp3) is 0.350. The van der Waals surface area contributed by atoms with E-state index in [1.165, 1.54) is 6.92 Å². The van der Waals surface area contributed by atoms with Gasteiger partial charge in [0.15, 0.2) is 0 Å². The van der Waals surface area contributed by atoms with Crippen LogP contribution in [0.2, 0.25) is 0 Å². The van der Waals surface area contributed by atoms with Gasteiger partial charge in [0, 0.05) is 32.2 Å². The molecule has 1 aliphatic rings. The number of phenols is 1. The number of hydrogen-bond acceptors (Lipinski definition) is 6. The van der Waals surface area contributed by atoms with E-state index in [0.29, 0.717) is 37.9 Å². The lowest BCUT2D eigenvalue weighted by Gasteiger charge is -2.37. The Bertz CT molecular complexity index is 975. The number of amides is 1. The SMILES string of the molecule is C[C@H](Nc1ccc(C(F)(F)F)cc1[N+](=O)[O-])C(=O)N1CCN(c2ccccc2O)CC1. The summed E-state index contributed by atoms with van der Waals surface area (Å²) in [6.07, 6.45) is -4.71. The number of para-hydroxylation sites is 2. The Morgan fingerprint density at radius 2 is 1.81 bits per heavy atom. The highest BCUT2D eigenvalue weighted by molar-refractivity contribution is 5.85. The van der Waals surface area contributed by atoms with Crippen LogP contribution in [0.3, 0.4) is 0 Å². The summed E-state index contributed by atoms with van der Waals surface area (Å²) in [5.41, 5.74) is -1.38. The zero-order valence-corrected chi connectivity index (χ0v) is 16.6. The number of piperazine rings is 1. The number of rotatable bonds is 5. The first-order chi connectivity index (χ1) is 14.6. The highest BCUT2D eigenvalue weighted by atomic mass is 19.4. The van der Waals surface area contributed by atoms with Gasteiger partial charge in [0.2, 0.25) is 5.91 Å². The number of alkyl halides is 3. The number of phenolic OH excluding ortho intramolecular Hbond substituents is 1. The Morgan fingerprint density at radius 3 is 2.39 bits per heavy atom. The van der Waals surface area contributed by atoms with Crippen molar-refractivity contribution in [1.82, 2.24) is 4.90 Å². The summed E-state index contributed by atoms with van der Waals surface area (Å²) in [5.74, 6) is -0.182. The predicted octanol–water partition coefficient (Wildman–Crippen LogP) is 3.47. The van der Waals surface area contributed by atoms with Crippen molar-refractivity contribution in [3.63, 3.8) is 0 Å². The minimum atomic E-state index is -4.71. The molecule has 0 saturated carbocycles. The summed E-state index contributed by atoms with van der Waals surface area (Å²) in [6.45, 7) is 3.20. The number of aromatic hydroxyl groups is 1. The molecule has 0 aromatic heterocycles. The summed E-state index contributed by atoms with van der Waals surface area (Å²) in [7, 11) is 0. The second-order valence-corrected chi connectivity index (χ2v) is 7.15. The minimum absolute atomic E-state index is 0.145. The molecular formula is C20H21F3N4O4. The number of benzene rings is 2. The molecule has 1 saturated heterocycles. The van der Waals surface area contributed by atoms with Crippen LogP contribution >= 0.6 is 0 Å². The number of anilines is 2. The zero-order valence-electron chi connectivity index (χ0n) is 16.6. The number of carbonyl (C=O) groups excluding carboxylic acids is 1. The third kappa shape index (κ3) is 4.98. The van der Waals surface area contributed by atoms with Gasteiger partial charge in [0.1, 0.15) is 17.5 Å². The number of nitrogens with one attached hydrogen (secondary N) is 1. The molecular weight excluding hydrogens is 417 g/mol. The van der Waals surface area contributed by atoms with E-state index in [1.807, 2.05) is 4.90 Å². The zero-order chi connectivity index (χ0) is 22.8. The normalized spacial score (nSPS) is 15.5. The quantitative estimate of drug-likeness (QED) is 0.548. The topological polar surface area (TPSA) is 99.0 Å². The first kappa shape index (κ1) is 22.2.